The Bertz CT molecular complexity index is 452. The van der Waals surface area contributed by atoms with Gasteiger partial charge in [-0.1, -0.05) is 84.4 Å². The number of carbonyl (C=O) groups excluding carboxylic acids is 2. The molecule has 0 aliphatic carbocycles. The van der Waals surface area contributed by atoms with Crippen molar-refractivity contribution in [3.63, 3.8) is 0 Å². The summed E-state index contributed by atoms with van der Waals surface area (Å²) in [5, 5.41) is 6.87. The molecular weight excluding hydrogens is 372 g/mol. The minimum atomic E-state index is -2.32. The van der Waals surface area contributed by atoms with Crippen LogP contribution in [-0.2, 0) is 9.16 Å². The predicted octanol–water partition coefficient (Wildman–Crippen LogP) is 7.60. The number of unbranched alkanes of at least 4 members (excludes halogenated alkanes) is 4. The molecular formula is C21H42N2O4Si. The van der Waals surface area contributed by atoms with E-state index in [9.17, 15) is 9.59 Å². The van der Waals surface area contributed by atoms with Gasteiger partial charge in [-0.15, -0.1) is 0 Å². The third-order valence-corrected chi connectivity index (χ3v) is 9.62. The Balaban J connectivity index is 4.74. The highest BCUT2D eigenvalue weighted by Gasteiger charge is 2.40. The molecule has 0 radical (unpaired) electrons. The van der Waals surface area contributed by atoms with Gasteiger partial charge in [-0.25, -0.2) is 9.59 Å². The molecule has 0 heterocycles. The Hall–Kier alpha value is -1.24. The maximum atomic E-state index is 12.3. The van der Waals surface area contributed by atoms with E-state index >= 15 is 0 Å². The Morgan fingerprint density at radius 1 is 0.750 bits per heavy atom. The van der Waals surface area contributed by atoms with Crippen LogP contribution in [0.4, 0.5) is 9.59 Å². The molecule has 0 saturated heterocycles. The normalized spacial score (nSPS) is 12.4. The van der Waals surface area contributed by atoms with Crippen LogP contribution in [0.3, 0.4) is 0 Å². The van der Waals surface area contributed by atoms with Gasteiger partial charge in [0.15, 0.2) is 0 Å². The third-order valence-electron chi connectivity index (χ3n) is 4.33. The maximum absolute atomic E-state index is 12.3. The molecule has 0 aliphatic heterocycles. The van der Waals surface area contributed by atoms with E-state index in [4.69, 9.17) is 9.16 Å². The summed E-state index contributed by atoms with van der Waals surface area (Å²) in [7, 11) is -2.32. The lowest BCUT2D eigenvalue weighted by atomic mass is 10.2. The molecule has 0 aromatic carbocycles. The number of hydrogen-bond donors (Lipinski definition) is 0. The summed E-state index contributed by atoms with van der Waals surface area (Å²) in [4.78, 5) is 24.0. The van der Waals surface area contributed by atoms with Gasteiger partial charge < -0.3 is 9.16 Å². The molecule has 164 valence electrons. The molecule has 0 bridgehead atoms. The van der Waals surface area contributed by atoms with Crippen LogP contribution in [0.15, 0.2) is 10.2 Å². The summed E-state index contributed by atoms with van der Waals surface area (Å²) in [5.74, 6) is 1.31. The van der Waals surface area contributed by atoms with Gasteiger partial charge in [0.05, 0.1) is 6.61 Å². The molecule has 28 heavy (non-hydrogen) atoms. The largest absolute Gasteiger partial charge is 0.501 e. The van der Waals surface area contributed by atoms with Gasteiger partial charge in [0.25, 0.3) is 8.32 Å². The lowest BCUT2D eigenvalue weighted by molar-refractivity contribution is 0.151. The zero-order valence-corrected chi connectivity index (χ0v) is 20.1. The topological polar surface area (TPSA) is 77.3 Å². The van der Waals surface area contributed by atoms with Gasteiger partial charge in [-0.05, 0) is 42.3 Å². The number of azo groups is 1. The van der Waals surface area contributed by atoms with Crippen molar-refractivity contribution >= 4 is 20.5 Å². The van der Waals surface area contributed by atoms with Gasteiger partial charge in [0.2, 0.25) is 0 Å². The van der Waals surface area contributed by atoms with E-state index in [-0.39, 0.29) is 0 Å². The highest BCUT2D eigenvalue weighted by Crippen LogP contribution is 2.33. The van der Waals surface area contributed by atoms with Crippen molar-refractivity contribution in [1.82, 2.24) is 0 Å². The minimum Gasteiger partial charge on any atom is -0.501 e. The zero-order chi connectivity index (χ0) is 21.6. The minimum absolute atomic E-state index is 0.309. The van der Waals surface area contributed by atoms with Crippen LogP contribution in [0.1, 0.15) is 80.6 Å². The van der Waals surface area contributed by atoms with Crippen molar-refractivity contribution < 1.29 is 18.8 Å². The number of nitrogens with zero attached hydrogens (tertiary/aromatic N) is 2. The van der Waals surface area contributed by atoms with Crippen molar-refractivity contribution in [3.8, 4) is 0 Å². The summed E-state index contributed by atoms with van der Waals surface area (Å²) in [6, 6.07) is 2.69. The predicted molar refractivity (Wildman–Crippen MR) is 116 cm³/mol. The smallest absolute Gasteiger partial charge is 0.452 e. The first-order valence-electron chi connectivity index (χ1n) is 10.9. The number of rotatable bonds is 13. The van der Waals surface area contributed by atoms with Crippen LogP contribution >= 0.6 is 0 Å². The second-order valence-corrected chi connectivity index (χ2v) is 12.9. The molecule has 0 spiro atoms. The Morgan fingerprint density at radius 2 is 1.21 bits per heavy atom. The number of hydrogen-bond acceptors (Lipinski definition) is 4. The SMILES string of the molecule is CCCCCCCOC(=O)N=NC(=O)O[Si](CC(C)C)(CC(C)C)CC(C)C. The second kappa shape index (κ2) is 14.7. The molecule has 7 heteroatoms. The van der Waals surface area contributed by atoms with Crippen LogP contribution in [0, 0.1) is 17.8 Å². The van der Waals surface area contributed by atoms with E-state index in [0.717, 1.165) is 37.4 Å². The molecule has 0 fully saturated rings. The summed E-state index contributed by atoms with van der Waals surface area (Å²) >= 11 is 0. The fraction of sp³-hybridized carbons (Fsp3) is 0.905. The van der Waals surface area contributed by atoms with Crippen molar-refractivity contribution in [2.75, 3.05) is 6.61 Å². The van der Waals surface area contributed by atoms with Gasteiger partial charge in [-0.2, -0.15) is 0 Å². The molecule has 0 aromatic heterocycles. The Kier molecular flexibility index (Phi) is 14.1. The van der Waals surface area contributed by atoms with Crippen LogP contribution in [0.5, 0.6) is 0 Å². The maximum Gasteiger partial charge on any atom is 0.452 e. The van der Waals surface area contributed by atoms with Gasteiger partial charge in [0, 0.05) is 0 Å². The van der Waals surface area contributed by atoms with Crippen LogP contribution in [0.2, 0.25) is 18.1 Å². The molecule has 0 unspecified atom stereocenters. The van der Waals surface area contributed by atoms with E-state index in [2.05, 4.69) is 58.7 Å². The summed E-state index contributed by atoms with van der Waals surface area (Å²) < 4.78 is 10.9. The first kappa shape index (κ1) is 26.8. The number of carbonyl (C=O) groups is 2. The molecule has 0 N–H and O–H groups in total. The Morgan fingerprint density at radius 3 is 1.68 bits per heavy atom. The van der Waals surface area contributed by atoms with Crippen molar-refractivity contribution in [2.24, 2.45) is 28.0 Å². The lowest BCUT2D eigenvalue weighted by Crippen LogP contribution is -2.43. The van der Waals surface area contributed by atoms with E-state index in [1.807, 2.05) is 0 Å². The summed E-state index contributed by atoms with van der Waals surface area (Å²) in [6.07, 6.45) is 3.74. The van der Waals surface area contributed by atoms with E-state index in [0.29, 0.717) is 24.4 Å². The van der Waals surface area contributed by atoms with Gasteiger partial charge in [-0.3, -0.25) is 0 Å². The molecule has 0 saturated carbocycles. The lowest BCUT2D eigenvalue weighted by Gasteiger charge is -2.34. The average molecular weight is 415 g/mol. The van der Waals surface area contributed by atoms with E-state index < -0.39 is 20.5 Å². The summed E-state index contributed by atoms with van der Waals surface area (Å²) in [6.45, 7) is 15.4. The van der Waals surface area contributed by atoms with Gasteiger partial charge >= 0.3 is 12.2 Å². The quantitative estimate of drug-likeness (QED) is 0.177. The summed E-state index contributed by atoms with van der Waals surface area (Å²) in [5.41, 5.74) is 0. The van der Waals surface area contributed by atoms with Crippen molar-refractivity contribution in [3.05, 3.63) is 0 Å². The fourth-order valence-electron chi connectivity index (χ4n) is 3.79. The highest BCUT2D eigenvalue weighted by molar-refractivity contribution is 6.75. The fourth-order valence-corrected chi connectivity index (χ4v) is 9.41. The average Bonchev–Trinajstić information content (AvgIpc) is 2.53. The molecule has 2 amide bonds. The van der Waals surface area contributed by atoms with Crippen molar-refractivity contribution in [2.45, 2.75) is 98.7 Å². The number of ether oxygens (including phenoxy) is 1. The molecule has 6 nitrogen and oxygen atoms in total. The van der Waals surface area contributed by atoms with Crippen LogP contribution in [0.25, 0.3) is 0 Å². The van der Waals surface area contributed by atoms with Crippen LogP contribution < -0.4 is 0 Å². The highest BCUT2D eigenvalue weighted by atomic mass is 28.4. The number of amides is 2. The third kappa shape index (κ3) is 13.9. The van der Waals surface area contributed by atoms with E-state index in [1.165, 1.54) is 12.8 Å². The standard InChI is InChI=1S/C21H42N2O4Si/c1-8-9-10-11-12-13-26-20(24)22-23-21(25)27-28(14-17(2)3,15-18(4)5)16-19(6)7/h17-19H,8-16H2,1-7H3. The monoisotopic (exact) mass is 414 g/mol. The van der Waals surface area contributed by atoms with Crippen LogP contribution in [-0.4, -0.2) is 27.1 Å². The first-order chi connectivity index (χ1) is 13.1. The zero-order valence-electron chi connectivity index (χ0n) is 19.1. The van der Waals surface area contributed by atoms with Gasteiger partial charge in [0.1, 0.15) is 0 Å². The van der Waals surface area contributed by atoms with Crippen molar-refractivity contribution in [1.29, 1.82) is 0 Å². The molecule has 0 rings (SSSR count). The Labute approximate surface area is 173 Å². The second-order valence-electron chi connectivity index (χ2n) is 9.07. The molecule has 0 aromatic rings. The molecule has 0 aliphatic rings. The van der Waals surface area contributed by atoms with E-state index in [1.54, 1.807) is 0 Å². The molecule has 0 atom stereocenters. The first-order valence-corrected chi connectivity index (χ1v) is 13.4.